The van der Waals surface area contributed by atoms with Gasteiger partial charge in [-0.1, -0.05) is 6.07 Å². The van der Waals surface area contributed by atoms with Crippen molar-refractivity contribution >= 4 is 48.3 Å². The zero-order chi connectivity index (χ0) is 12.3. The Morgan fingerprint density at radius 1 is 1.50 bits per heavy atom. The van der Waals surface area contributed by atoms with Crippen molar-refractivity contribution in [3.8, 4) is 0 Å². The van der Waals surface area contributed by atoms with Crippen molar-refractivity contribution in [2.24, 2.45) is 0 Å². The SMILES string of the molecule is COC(=O)c1cc(I)ccc1CS(=O)(=O)Cl. The highest BCUT2D eigenvalue weighted by atomic mass is 127. The molecule has 0 aliphatic heterocycles. The number of carbonyl (C=O) groups is 1. The van der Waals surface area contributed by atoms with Crippen LogP contribution in [0.5, 0.6) is 0 Å². The molecule has 88 valence electrons. The van der Waals surface area contributed by atoms with Crippen LogP contribution in [0.15, 0.2) is 18.2 Å². The second-order valence-corrected chi connectivity index (χ2v) is 7.00. The predicted molar refractivity (Wildman–Crippen MR) is 69.0 cm³/mol. The van der Waals surface area contributed by atoms with E-state index in [0.29, 0.717) is 5.56 Å². The zero-order valence-electron chi connectivity index (χ0n) is 8.24. The van der Waals surface area contributed by atoms with Gasteiger partial charge < -0.3 is 4.74 Å². The topological polar surface area (TPSA) is 60.4 Å². The Morgan fingerprint density at radius 3 is 2.62 bits per heavy atom. The molecule has 0 heterocycles. The maximum absolute atomic E-state index is 11.4. The van der Waals surface area contributed by atoms with Gasteiger partial charge >= 0.3 is 5.97 Å². The Hall–Kier alpha value is -0.340. The molecule has 1 aromatic rings. The minimum absolute atomic E-state index is 0.221. The average Bonchev–Trinajstić information content (AvgIpc) is 2.17. The fourth-order valence-corrected chi connectivity index (χ4v) is 2.63. The van der Waals surface area contributed by atoms with Gasteiger partial charge in [0.2, 0.25) is 9.05 Å². The first-order chi connectivity index (χ1) is 7.33. The highest BCUT2D eigenvalue weighted by Gasteiger charge is 2.16. The van der Waals surface area contributed by atoms with E-state index < -0.39 is 20.8 Å². The summed E-state index contributed by atoms with van der Waals surface area (Å²) in [5.41, 5.74) is 0.556. The first kappa shape index (κ1) is 13.7. The number of hydrogen-bond acceptors (Lipinski definition) is 4. The second kappa shape index (κ2) is 5.33. The Kier molecular flexibility index (Phi) is 4.57. The molecule has 1 rings (SSSR count). The first-order valence-corrected chi connectivity index (χ1v) is 7.68. The van der Waals surface area contributed by atoms with E-state index in [9.17, 15) is 13.2 Å². The van der Waals surface area contributed by atoms with Crippen molar-refractivity contribution in [2.45, 2.75) is 5.75 Å². The number of carbonyl (C=O) groups excluding carboxylic acids is 1. The summed E-state index contributed by atoms with van der Waals surface area (Å²) in [6, 6.07) is 4.81. The lowest BCUT2D eigenvalue weighted by Gasteiger charge is -2.06. The number of benzene rings is 1. The molecule has 0 aliphatic carbocycles. The van der Waals surface area contributed by atoms with E-state index in [0.717, 1.165) is 3.57 Å². The lowest BCUT2D eigenvalue weighted by atomic mass is 10.1. The summed E-state index contributed by atoms with van der Waals surface area (Å²) in [7, 11) is 2.69. The van der Waals surface area contributed by atoms with Crippen LogP contribution in [0.25, 0.3) is 0 Å². The van der Waals surface area contributed by atoms with Gasteiger partial charge in [0.05, 0.1) is 18.4 Å². The number of ether oxygens (including phenoxy) is 1. The van der Waals surface area contributed by atoms with Crippen LogP contribution in [0.1, 0.15) is 15.9 Å². The maximum Gasteiger partial charge on any atom is 0.338 e. The normalized spacial score (nSPS) is 11.2. The summed E-state index contributed by atoms with van der Waals surface area (Å²) >= 11 is 2.02. The Bertz CT molecular complexity index is 512. The number of rotatable bonds is 3. The Balaban J connectivity index is 3.23. The van der Waals surface area contributed by atoms with E-state index in [1.807, 2.05) is 22.6 Å². The third-order valence-corrected chi connectivity index (χ3v) is 3.46. The van der Waals surface area contributed by atoms with Crippen molar-refractivity contribution in [3.63, 3.8) is 0 Å². The van der Waals surface area contributed by atoms with Gasteiger partial charge in [0.25, 0.3) is 0 Å². The molecule has 0 spiro atoms. The monoisotopic (exact) mass is 374 g/mol. The predicted octanol–water partition coefficient (Wildman–Crippen LogP) is 2.15. The van der Waals surface area contributed by atoms with E-state index >= 15 is 0 Å². The van der Waals surface area contributed by atoms with Crippen molar-refractivity contribution in [1.29, 1.82) is 0 Å². The standard InChI is InChI=1S/C9H8ClIO4S/c1-15-9(12)8-4-7(11)3-2-6(8)5-16(10,13)14/h2-4H,5H2,1H3. The van der Waals surface area contributed by atoms with Gasteiger partial charge in [0, 0.05) is 14.3 Å². The van der Waals surface area contributed by atoms with Crippen molar-refractivity contribution < 1.29 is 17.9 Å². The highest BCUT2D eigenvalue weighted by Crippen LogP contribution is 2.18. The Morgan fingerprint density at radius 2 is 2.12 bits per heavy atom. The minimum Gasteiger partial charge on any atom is -0.465 e. The van der Waals surface area contributed by atoms with Crippen LogP contribution in [-0.4, -0.2) is 21.5 Å². The molecule has 0 bridgehead atoms. The molecule has 7 heteroatoms. The minimum atomic E-state index is -3.69. The number of hydrogen-bond donors (Lipinski definition) is 0. The molecule has 0 saturated carbocycles. The molecule has 0 radical (unpaired) electrons. The van der Waals surface area contributed by atoms with Crippen molar-refractivity contribution in [1.82, 2.24) is 0 Å². The van der Waals surface area contributed by atoms with E-state index in [2.05, 4.69) is 4.74 Å². The molecule has 0 atom stereocenters. The van der Waals surface area contributed by atoms with Crippen molar-refractivity contribution in [3.05, 3.63) is 32.9 Å². The smallest absolute Gasteiger partial charge is 0.338 e. The van der Waals surface area contributed by atoms with Gasteiger partial charge in [-0.05, 0) is 40.3 Å². The molecule has 0 saturated heterocycles. The third-order valence-electron chi connectivity index (χ3n) is 1.81. The molecule has 0 amide bonds. The van der Waals surface area contributed by atoms with E-state index in [-0.39, 0.29) is 5.56 Å². The molecule has 0 N–H and O–H groups in total. The first-order valence-electron chi connectivity index (χ1n) is 4.12. The molecule has 0 aromatic heterocycles. The quantitative estimate of drug-likeness (QED) is 0.462. The van der Waals surface area contributed by atoms with Crippen LogP contribution >= 0.6 is 33.3 Å². The van der Waals surface area contributed by atoms with Gasteiger partial charge in [0.15, 0.2) is 0 Å². The van der Waals surface area contributed by atoms with Crippen LogP contribution in [0, 0.1) is 3.57 Å². The molecule has 16 heavy (non-hydrogen) atoms. The molecule has 0 aliphatic rings. The van der Waals surface area contributed by atoms with Crippen LogP contribution < -0.4 is 0 Å². The average molecular weight is 375 g/mol. The number of halogens is 2. The molecule has 4 nitrogen and oxygen atoms in total. The molecule has 1 aromatic carbocycles. The third kappa shape index (κ3) is 3.91. The van der Waals surface area contributed by atoms with Crippen molar-refractivity contribution in [2.75, 3.05) is 7.11 Å². The van der Waals surface area contributed by atoms with Crippen LogP contribution in [0.3, 0.4) is 0 Å². The largest absolute Gasteiger partial charge is 0.465 e. The molecular weight excluding hydrogens is 367 g/mol. The maximum atomic E-state index is 11.4. The fraction of sp³-hybridized carbons (Fsp3) is 0.222. The molecule has 0 fully saturated rings. The highest BCUT2D eigenvalue weighted by molar-refractivity contribution is 14.1. The summed E-state index contributed by atoms with van der Waals surface area (Å²) in [6.07, 6.45) is 0. The fourth-order valence-electron chi connectivity index (χ4n) is 1.16. The van der Waals surface area contributed by atoms with Gasteiger partial charge in [-0.15, -0.1) is 0 Å². The summed E-state index contributed by atoms with van der Waals surface area (Å²) in [4.78, 5) is 11.4. The lowest BCUT2D eigenvalue weighted by Crippen LogP contribution is -2.08. The van der Waals surface area contributed by atoms with Crippen LogP contribution in [0.2, 0.25) is 0 Å². The van der Waals surface area contributed by atoms with Gasteiger partial charge in [-0.25, -0.2) is 13.2 Å². The summed E-state index contributed by atoms with van der Waals surface area (Å²) in [5.74, 6) is -0.968. The van der Waals surface area contributed by atoms with E-state index in [1.54, 1.807) is 18.2 Å². The summed E-state index contributed by atoms with van der Waals surface area (Å²) < 4.78 is 27.3. The molecular formula is C9H8ClIO4S. The zero-order valence-corrected chi connectivity index (χ0v) is 12.0. The van der Waals surface area contributed by atoms with Crippen LogP contribution in [-0.2, 0) is 19.5 Å². The van der Waals surface area contributed by atoms with Crippen LogP contribution in [0.4, 0.5) is 0 Å². The lowest BCUT2D eigenvalue weighted by molar-refractivity contribution is 0.0599. The number of methoxy groups -OCH3 is 1. The summed E-state index contributed by atoms with van der Waals surface area (Å²) in [5, 5.41) is 0. The van der Waals surface area contributed by atoms with E-state index in [1.165, 1.54) is 7.11 Å². The van der Waals surface area contributed by atoms with Gasteiger partial charge in [-0.2, -0.15) is 0 Å². The second-order valence-electron chi connectivity index (χ2n) is 2.98. The Labute approximate surface area is 111 Å². The summed E-state index contributed by atoms with van der Waals surface area (Å²) in [6.45, 7) is 0. The van der Waals surface area contributed by atoms with E-state index in [4.69, 9.17) is 10.7 Å². The van der Waals surface area contributed by atoms with Gasteiger partial charge in [0.1, 0.15) is 0 Å². The van der Waals surface area contributed by atoms with Gasteiger partial charge in [-0.3, -0.25) is 0 Å². The number of esters is 1. The molecule has 0 unspecified atom stereocenters.